The molecule has 0 unspecified atom stereocenters. The minimum absolute atomic E-state index is 0.0471. The van der Waals surface area contributed by atoms with E-state index in [0.717, 1.165) is 44.2 Å². The standard InChI is InChI=1S/C26H34N4O3S/c1-19(2)24(26(31)32)27-11-17-33-18-16-29-12-14-30(15-13-29)25-20-7-3-5-9-22(20)34-23-10-6-4-8-21(23)28-25/h3-10,19,24,27H,11-18H2,1-2H3,(H,31,32)/t24-/m1/s1. The van der Waals surface area contributed by atoms with E-state index in [0.29, 0.717) is 19.8 Å². The number of carbonyl (C=O) groups is 1. The van der Waals surface area contributed by atoms with Gasteiger partial charge in [0.25, 0.3) is 0 Å². The summed E-state index contributed by atoms with van der Waals surface area (Å²) in [6.07, 6.45) is 0. The fourth-order valence-corrected chi connectivity index (χ4v) is 5.30. The number of benzene rings is 2. The minimum atomic E-state index is -0.809. The molecule has 34 heavy (non-hydrogen) atoms. The van der Waals surface area contributed by atoms with Crippen molar-refractivity contribution in [1.82, 2.24) is 15.1 Å². The Hall–Kier alpha value is -2.39. The lowest BCUT2D eigenvalue weighted by molar-refractivity contribution is -0.140. The summed E-state index contributed by atoms with van der Waals surface area (Å²) in [4.78, 5) is 23.6. The second-order valence-electron chi connectivity index (χ2n) is 8.96. The monoisotopic (exact) mass is 482 g/mol. The van der Waals surface area contributed by atoms with Crippen molar-refractivity contribution < 1.29 is 14.6 Å². The zero-order valence-electron chi connectivity index (χ0n) is 19.9. The summed E-state index contributed by atoms with van der Waals surface area (Å²) in [6, 6.07) is 16.4. The van der Waals surface area contributed by atoms with Gasteiger partial charge in [0, 0.05) is 54.6 Å². The summed E-state index contributed by atoms with van der Waals surface area (Å²) in [7, 11) is 0. The number of amidine groups is 1. The molecule has 0 saturated carbocycles. The van der Waals surface area contributed by atoms with Crippen molar-refractivity contribution in [3.05, 3.63) is 54.1 Å². The van der Waals surface area contributed by atoms with Gasteiger partial charge in [0.05, 0.1) is 18.9 Å². The fourth-order valence-electron chi connectivity index (χ4n) is 4.28. The lowest BCUT2D eigenvalue weighted by Crippen LogP contribution is -2.49. The van der Waals surface area contributed by atoms with Gasteiger partial charge in [-0.3, -0.25) is 9.69 Å². The molecule has 2 aromatic rings. The lowest BCUT2D eigenvalue weighted by Gasteiger charge is -2.36. The Morgan fingerprint density at radius 3 is 2.50 bits per heavy atom. The SMILES string of the molecule is CC(C)[C@@H](NCCOCCN1CCN(C2=Nc3ccccc3Sc3ccccc32)CC1)C(=O)O. The molecular formula is C26H34N4O3S. The van der Waals surface area contributed by atoms with E-state index in [-0.39, 0.29) is 5.92 Å². The zero-order chi connectivity index (χ0) is 23.9. The number of carboxylic acid groups (broad SMARTS) is 1. The molecule has 2 heterocycles. The number of nitrogens with zero attached hydrogens (tertiary/aromatic N) is 3. The van der Waals surface area contributed by atoms with Crippen LogP contribution in [-0.2, 0) is 9.53 Å². The molecule has 4 rings (SSSR count). The van der Waals surface area contributed by atoms with Gasteiger partial charge >= 0.3 is 5.97 Å². The van der Waals surface area contributed by atoms with Crippen LogP contribution in [0.1, 0.15) is 19.4 Å². The molecule has 0 radical (unpaired) electrons. The van der Waals surface area contributed by atoms with Crippen LogP contribution in [0.5, 0.6) is 0 Å². The molecule has 2 aliphatic rings. The summed E-state index contributed by atoms with van der Waals surface area (Å²) in [5, 5.41) is 12.3. The second kappa shape index (κ2) is 11.8. The summed E-state index contributed by atoms with van der Waals surface area (Å²) in [5.74, 6) is 0.301. The van der Waals surface area contributed by atoms with Crippen LogP contribution in [-0.4, -0.2) is 85.2 Å². The molecule has 0 aromatic heterocycles. The van der Waals surface area contributed by atoms with Gasteiger partial charge in [-0.25, -0.2) is 4.99 Å². The summed E-state index contributed by atoms with van der Waals surface area (Å²) < 4.78 is 5.75. The van der Waals surface area contributed by atoms with Crippen molar-refractivity contribution >= 4 is 29.3 Å². The third-order valence-electron chi connectivity index (χ3n) is 6.21. The van der Waals surface area contributed by atoms with Crippen molar-refractivity contribution in [2.75, 3.05) is 52.5 Å². The molecule has 1 atom stereocenters. The Bertz CT molecular complexity index is 1010. The maximum atomic E-state index is 11.2. The molecule has 8 heteroatoms. The highest BCUT2D eigenvalue weighted by Gasteiger charge is 2.25. The van der Waals surface area contributed by atoms with Crippen LogP contribution in [0, 0.1) is 5.92 Å². The van der Waals surface area contributed by atoms with Crippen molar-refractivity contribution in [1.29, 1.82) is 0 Å². The maximum Gasteiger partial charge on any atom is 0.320 e. The molecular weight excluding hydrogens is 448 g/mol. The van der Waals surface area contributed by atoms with Gasteiger partial charge in [-0.05, 0) is 24.1 Å². The highest BCUT2D eigenvalue weighted by atomic mass is 32.2. The number of para-hydroxylation sites is 1. The van der Waals surface area contributed by atoms with E-state index in [9.17, 15) is 9.90 Å². The molecule has 7 nitrogen and oxygen atoms in total. The third-order valence-corrected chi connectivity index (χ3v) is 7.35. The lowest BCUT2D eigenvalue weighted by atomic mass is 10.1. The van der Waals surface area contributed by atoms with Gasteiger partial charge in [-0.1, -0.05) is 55.9 Å². The molecule has 182 valence electrons. The van der Waals surface area contributed by atoms with Crippen LogP contribution in [0.3, 0.4) is 0 Å². The predicted molar refractivity (Wildman–Crippen MR) is 136 cm³/mol. The molecule has 1 saturated heterocycles. The van der Waals surface area contributed by atoms with Crippen LogP contribution in [0.25, 0.3) is 0 Å². The first-order valence-corrected chi connectivity index (χ1v) is 12.8. The average molecular weight is 483 g/mol. The van der Waals surface area contributed by atoms with Gasteiger partial charge in [-0.2, -0.15) is 0 Å². The Morgan fingerprint density at radius 2 is 1.76 bits per heavy atom. The van der Waals surface area contributed by atoms with Crippen LogP contribution in [0.4, 0.5) is 5.69 Å². The molecule has 0 amide bonds. The Labute approximate surface area is 206 Å². The van der Waals surface area contributed by atoms with Crippen LogP contribution >= 0.6 is 11.8 Å². The van der Waals surface area contributed by atoms with Crippen LogP contribution in [0.15, 0.2) is 63.3 Å². The number of aliphatic imine (C=N–C) groups is 1. The van der Waals surface area contributed by atoms with E-state index in [1.165, 1.54) is 15.4 Å². The van der Waals surface area contributed by atoms with E-state index < -0.39 is 12.0 Å². The van der Waals surface area contributed by atoms with Crippen LogP contribution < -0.4 is 5.32 Å². The minimum Gasteiger partial charge on any atom is -0.480 e. The number of nitrogens with one attached hydrogen (secondary N) is 1. The summed E-state index contributed by atoms with van der Waals surface area (Å²) in [6.45, 7) is 10.2. The highest BCUT2D eigenvalue weighted by molar-refractivity contribution is 7.99. The normalized spacial score (nSPS) is 17.0. The fraction of sp³-hybridized carbons (Fsp3) is 0.462. The number of carboxylic acids is 1. The smallest absolute Gasteiger partial charge is 0.320 e. The van der Waals surface area contributed by atoms with Gasteiger partial charge < -0.3 is 20.1 Å². The highest BCUT2D eigenvalue weighted by Crippen LogP contribution is 2.40. The topological polar surface area (TPSA) is 77.4 Å². The van der Waals surface area contributed by atoms with Crippen molar-refractivity contribution in [2.24, 2.45) is 10.9 Å². The molecule has 2 aliphatic heterocycles. The molecule has 0 spiro atoms. The van der Waals surface area contributed by atoms with Gasteiger partial charge in [-0.15, -0.1) is 0 Å². The van der Waals surface area contributed by atoms with Crippen molar-refractivity contribution in [3.8, 4) is 0 Å². The number of piperazine rings is 1. The van der Waals surface area contributed by atoms with E-state index in [2.05, 4.69) is 63.6 Å². The van der Waals surface area contributed by atoms with E-state index in [4.69, 9.17) is 9.73 Å². The second-order valence-corrected chi connectivity index (χ2v) is 10.0. The van der Waals surface area contributed by atoms with E-state index >= 15 is 0 Å². The Balaban J connectivity index is 1.26. The molecule has 2 N–H and O–H groups in total. The third kappa shape index (κ3) is 6.18. The van der Waals surface area contributed by atoms with Crippen molar-refractivity contribution in [2.45, 2.75) is 29.7 Å². The zero-order valence-corrected chi connectivity index (χ0v) is 20.8. The number of fused-ring (bicyclic) bond motifs is 2. The number of rotatable bonds is 9. The van der Waals surface area contributed by atoms with E-state index in [1.54, 1.807) is 11.8 Å². The van der Waals surface area contributed by atoms with E-state index in [1.807, 2.05) is 13.8 Å². The molecule has 1 fully saturated rings. The molecule has 0 aliphatic carbocycles. The first kappa shape index (κ1) is 24.7. The molecule has 2 aromatic carbocycles. The number of aliphatic carboxylic acids is 1. The Morgan fingerprint density at radius 1 is 1.06 bits per heavy atom. The van der Waals surface area contributed by atoms with Gasteiger partial charge in [0.2, 0.25) is 0 Å². The van der Waals surface area contributed by atoms with Crippen LogP contribution in [0.2, 0.25) is 0 Å². The quantitative estimate of drug-likeness (QED) is 0.529. The van der Waals surface area contributed by atoms with Crippen molar-refractivity contribution in [3.63, 3.8) is 0 Å². The first-order valence-electron chi connectivity index (χ1n) is 12.0. The number of ether oxygens (including phenoxy) is 1. The average Bonchev–Trinajstić information content (AvgIpc) is 3.00. The number of hydrogen-bond donors (Lipinski definition) is 2. The largest absolute Gasteiger partial charge is 0.480 e. The molecule has 0 bridgehead atoms. The van der Waals surface area contributed by atoms with Gasteiger partial charge in [0.15, 0.2) is 0 Å². The maximum absolute atomic E-state index is 11.2. The predicted octanol–water partition coefficient (Wildman–Crippen LogP) is 3.56. The summed E-state index contributed by atoms with van der Waals surface area (Å²) in [5.41, 5.74) is 2.24. The Kier molecular flexibility index (Phi) is 8.61. The number of hydrogen-bond acceptors (Lipinski definition) is 7. The van der Waals surface area contributed by atoms with Gasteiger partial charge in [0.1, 0.15) is 11.9 Å². The summed E-state index contributed by atoms with van der Waals surface area (Å²) >= 11 is 1.79. The first-order chi connectivity index (χ1) is 16.5.